The molecular weight excluding hydrogens is 668 g/mol. The zero-order valence-corrected chi connectivity index (χ0v) is 30.8. The largest absolute Gasteiger partial charge is 0.351 e. The van der Waals surface area contributed by atoms with E-state index >= 15 is 0 Å². The van der Waals surface area contributed by atoms with Crippen molar-refractivity contribution in [3.05, 3.63) is 124 Å². The van der Waals surface area contributed by atoms with Gasteiger partial charge in [0.05, 0.1) is 11.7 Å². The molecule has 0 heterocycles. The summed E-state index contributed by atoms with van der Waals surface area (Å²) in [4.78, 5) is 26.5. The summed E-state index contributed by atoms with van der Waals surface area (Å²) >= 11 is 6.16. The maximum atomic E-state index is 14.0. The van der Waals surface area contributed by atoms with Crippen LogP contribution in [-0.2, 0) is 21.3 Å². The van der Waals surface area contributed by atoms with Crippen LogP contribution >= 0.6 is 11.6 Å². The van der Waals surface area contributed by atoms with Gasteiger partial charge in [0.15, 0.2) is 0 Å². The summed E-state index contributed by atoms with van der Waals surface area (Å²) in [6.07, 6.45) is 5.21. The number of amides is 2. The Bertz CT molecular complexity index is 1890. The third-order valence-electron chi connectivity index (χ3n) is 10.0. The first-order valence-corrected chi connectivity index (χ1v) is 19.2. The zero-order chi connectivity index (χ0) is 36.1. The second kappa shape index (κ2) is 15.9. The minimum absolute atomic E-state index is 0.133. The number of aryl methyl sites for hydroxylation is 1. The van der Waals surface area contributed by atoms with Crippen molar-refractivity contribution in [2.45, 2.75) is 71.6 Å². The van der Waals surface area contributed by atoms with Crippen LogP contribution in [0.5, 0.6) is 0 Å². The highest BCUT2D eigenvalue weighted by atomic mass is 35.5. The number of carbonyl (C=O) groups excluding carboxylic acids is 2. The van der Waals surface area contributed by atoms with Gasteiger partial charge in [0.2, 0.25) is 5.91 Å². The first-order chi connectivity index (χ1) is 23.7. The summed E-state index contributed by atoms with van der Waals surface area (Å²) < 4.78 is 30.9. The van der Waals surface area contributed by atoms with Crippen LogP contribution in [0.1, 0.15) is 90.9 Å². The lowest BCUT2D eigenvalue weighted by Crippen LogP contribution is -2.28. The predicted molar refractivity (Wildman–Crippen MR) is 202 cm³/mol. The Labute approximate surface area is 301 Å². The highest BCUT2D eigenvalue weighted by Gasteiger charge is 2.30. The van der Waals surface area contributed by atoms with E-state index < -0.39 is 27.7 Å². The van der Waals surface area contributed by atoms with Gasteiger partial charge in [0, 0.05) is 22.8 Å². The Hall–Kier alpha value is -3.98. The van der Waals surface area contributed by atoms with Crippen LogP contribution in [0, 0.1) is 18.3 Å². The van der Waals surface area contributed by atoms with Crippen molar-refractivity contribution in [2.75, 3.05) is 17.6 Å². The van der Waals surface area contributed by atoms with Gasteiger partial charge in [-0.2, -0.15) is 8.42 Å². The minimum Gasteiger partial charge on any atom is -0.351 e. The second-order valence-electron chi connectivity index (χ2n) is 14.6. The lowest BCUT2D eigenvalue weighted by Gasteiger charge is -2.37. The lowest BCUT2D eigenvalue weighted by atomic mass is 9.68. The Morgan fingerprint density at radius 1 is 0.880 bits per heavy atom. The third kappa shape index (κ3) is 10.1. The van der Waals surface area contributed by atoms with Gasteiger partial charge in [-0.1, -0.05) is 87.0 Å². The Kier molecular flexibility index (Phi) is 11.9. The zero-order valence-electron chi connectivity index (χ0n) is 29.2. The summed E-state index contributed by atoms with van der Waals surface area (Å²) in [7, 11) is -4.17. The molecule has 7 nitrogen and oxygen atoms in total. The number of hydrogen-bond acceptors (Lipinski definition) is 4. The van der Waals surface area contributed by atoms with E-state index in [2.05, 4.69) is 55.7 Å². The standard InChI is InChI=1S/C41H47ClN2O5S/c1-27-25-35(42)19-22-37(27)31-15-20-36(21-16-31)44-40(46)38(26-28-5-7-33(8-6-28)39(45)43-23-24-50(47,48)49)32-11-9-29(10-12-32)30-13-17-34(18-14-30)41(2,3)4/h5-12,15-16,19-22,25,30,34,38H,13-14,17-18,23-24,26H2,1-4H3,(H,43,45)(H,44,46)(H,47,48,49)/t30-,34+,38-/m0/s1. The molecule has 0 unspecified atom stereocenters. The van der Waals surface area contributed by atoms with Gasteiger partial charge in [0.25, 0.3) is 16.0 Å². The molecule has 1 aliphatic carbocycles. The van der Waals surface area contributed by atoms with Gasteiger partial charge in [-0.15, -0.1) is 0 Å². The molecule has 3 N–H and O–H groups in total. The maximum Gasteiger partial charge on any atom is 0.266 e. The van der Waals surface area contributed by atoms with Crippen molar-refractivity contribution in [3.8, 4) is 11.1 Å². The van der Waals surface area contributed by atoms with E-state index in [1.54, 1.807) is 12.1 Å². The lowest BCUT2D eigenvalue weighted by molar-refractivity contribution is -0.117. The summed E-state index contributed by atoms with van der Waals surface area (Å²) in [6.45, 7) is 8.83. The minimum atomic E-state index is -4.17. The molecule has 5 rings (SSSR count). The number of hydrogen-bond donors (Lipinski definition) is 3. The summed E-state index contributed by atoms with van der Waals surface area (Å²) in [5.74, 6) is -0.370. The maximum absolute atomic E-state index is 14.0. The van der Waals surface area contributed by atoms with Crippen LogP contribution in [0.15, 0.2) is 91.0 Å². The van der Waals surface area contributed by atoms with Crippen LogP contribution in [-0.4, -0.2) is 37.1 Å². The molecule has 1 aliphatic rings. The molecule has 1 saturated carbocycles. The number of rotatable bonds is 11. The molecule has 0 aromatic heterocycles. The molecule has 2 amide bonds. The predicted octanol–water partition coefficient (Wildman–Crippen LogP) is 9.22. The van der Waals surface area contributed by atoms with Crippen molar-refractivity contribution in [1.82, 2.24) is 5.32 Å². The van der Waals surface area contributed by atoms with Gasteiger partial charge >= 0.3 is 0 Å². The first kappa shape index (κ1) is 37.3. The number of nitrogens with one attached hydrogen (secondary N) is 2. The smallest absolute Gasteiger partial charge is 0.266 e. The van der Waals surface area contributed by atoms with E-state index in [1.165, 1.54) is 31.2 Å². The Balaban J connectivity index is 1.33. The van der Waals surface area contributed by atoms with E-state index in [1.807, 2.05) is 61.5 Å². The number of benzene rings is 4. The molecule has 9 heteroatoms. The monoisotopic (exact) mass is 714 g/mol. The molecule has 1 atom stereocenters. The van der Waals surface area contributed by atoms with E-state index in [-0.39, 0.29) is 12.5 Å². The van der Waals surface area contributed by atoms with E-state index in [0.717, 1.165) is 33.7 Å². The van der Waals surface area contributed by atoms with Crippen molar-refractivity contribution in [1.29, 1.82) is 0 Å². The topological polar surface area (TPSA) is 113 Å². The highest BCUT2D eigenvalue weighted by Crippen LogP contribution is 2.43. The van der Waals surface area contributed by atoms with Gasteiger partial charge in [-0.3, -0.25) is 14.1 Å². The molecule has 1 fully saturated rings. The van der Waals surface area contributed by atoms with Crippen molar-refractivity contribution in [2.24, 2.45) is 11.3 Å². The Morgan fingerprint density at radius 3 is 2.10 bits per heavy atom. The van der Waals surface area contributed by atoms with Gasteiger partial charge in [-0.05, 0) is 126 Å². The molecule has 4 aromatic rings. The molecule has 0 bridgehead atoms. The fourth-order valence-electron chi connectivity index (χ4n) is 6.99. The van der Waals surface area contributed by atoms with Gasteiger partial charge in [-0.25, -0.2) is 0 Å². The SMILES string of the molecule is Cc1cc(Cl)ccc1-c1ccc(NC(=O)[C@@H](Cc2ccc(C(=O)NCCS(=O)(=O)O)cc2)c2ccc([C@H]3CC[C@@H](C(C)(C)C)CC3)cc2)cc1. The second-order valence-corrected chi connectivity index (χ2v) is 16.6. The van der Waals surface area contributed by atoms with Crippen LogP contribution in [0.2, 0.25) is 5.02 Å². The van der Waals surface area contributed by atoms with E-state index in [9.17, 15) is 18.0 Å². The molecule has 0 aliphatic heterocycles. The Morgan fingerprint density at radius 2 is 1.52 bits per heavy atom. The van der Waals surface area contributed by atoms with Gasteiger partial charge < -0.3 is 10.6 Å². The normalized spacial score (nSPS) is 17.2. The molecule has 4 aromatic carbocycles. The summed E-state index contributed by atoms with van der Waals surface area (Å²) in [5.41, 5.74) is 7.66. The first-order valence-electron chi connectivity index (χ1n) is 17.3. The van der Waals surface area contributed by atoms with Crippen molar-refractivity contribution >= 4 is 39.2 Å². The third-order valence-corrected chi connectivity index (χ3v) is 11.0. The van der Waals surface area contributed by atoms with Crippen LogP contribution in [0.25, 0.3) is 11.1 Å². The summed E-state index contributed by atoms with van der Waals surface area (Å²) in [6, 6.07) is 29.0. The number of carbonyl (C=O) groups is 2. The van der Waals surface area contributed by atoms with Crippen molar-refractivity contribution < 1.29 is 22.6 Å². The van der Waals surface area contributed by atoms with Crippen LogP contribution in [0.4, 0.5) is 5.69 Å². The van der Waals surface area contributed by atoms with Gasteiger partial charge in [0.1, 0.15) is 0 Å². The number of anilines is 1. The fourth-order valence-corrected chi connectivity index (χ4v) is 7.58. The van der Waals surface area contributed by atoms with E-state index in [0.29, 0.717) is 34.0 Å². The molecule has 264 valence electrons. The summed E-state index contributed by atoms with van der Waals surface area (Å²) in [5, 5.41) is 6.32. The number of halogens is 1. The average Bonchev–Trinajstić information content (AvgIpc) is 3.07. The molecule has 0 saturated heterocycles. The fraction of sp³-hybridized carbons (Fsp3) is 0.366. The highest BCUT2D eigenvalue weighted by molar-refractivity contribution is 7.85. The van der Waals surface area contributed by atoms with Crippen molar-refractivity contribution in [3.63, 3.8) is 0 Å². The molecule has 0 spiro atoms. The average molecular weight is 715 g/mol. The van der Waals surface area contributed by atoms with Crippen LogP contribution < -0.4 is 10.6 Å². The molecule has 50 heavy (non-hydrogen) atoms. The van der Waals surface area contributed by atoms with E-state index in [4.69, 9.17) is 16.2 Å². The van der Waals surface area contributed by atoms with Crippen LogP contribution in [0.3, 0.4) is 0 Å². The molecular formula is C41H47ClN2O5S. The quantitative estimate of drug-likeness (QED) is 0.134. The molecule has 0 radical (unpaired) electrons.